The predicted molar refractivity (Wildman–Crippen MR) is 121 cm³/mol. The smallest absolute Gasteiger partial charge is 0.291 e. The molecule has 0 heterocycles. The lowest BCUT2D eigenvalue weighted by atomic mass is 10.1. The lowest BCUT2D eigenvalue weighted by molar-refractivity contribution is -0.968. The van der Waals surface area contributed by atoms with Gasteiger partial charge in [0.2, 0.25) is 0 Å². The quantitative estimate of drug-likeness (QED) is 0.0860. The molecule has 0 spiro atoms. The molecule has 0 atom stereocenters. The van der Waals surface area contributed by atoms with Gasteiger partial charge < -0.3 is 0 Å². The van der Waals surface area contributed by atoms with Gasteiger partial charge in [-0.2, -0.15) is 0 Å². The summed E-state index contributed by atoms with van der Waals surface area (Å²) in [6.45, 7) is 0. The number of carbonyl (C=O) groups excluding carboxylic acids is 1. The van der Waals surface area contributed by atoms with Crippen molar-refractivity contribution in [1.82, 2.24) is 0 Å². The van der Waals surface area contributed by atoms with Crippen molar-refractivity contribution in [3.63, 3.8) is 0 Å². The lowest BCUT2D eigenvalue weighted by Gasteiger charge is -2.06. The van der Waals surface area contributed by atoms with E-state index < -0.39 is 27.0 Å². The van der Waals surface area contributed by atoms with Crippen LogP contribution in [0.3, 0.4) is 0 Å². The van der Waals surface area contributed by atoms with Gasteiger partial charge in [0.1, 0.15) is 0 Å². The van der Waals surface area contributed by atoms with E-state index in [0.717, 1.165) is 44.6 Å². The van der Waals surface area contributed by atoms with E-state index in [1.165, 1.54) is 6.08 Å². The number of allylic oxidation sites excluding steroid dienone is 9. The van der Waals surface area contributed by atoms with Crippen LogP contribution in [0.5, 0.6) is 0 Å². The molecule has 0 aliphatic rings. The van der Waals surface area contributed by atoms with Gasteiger partial charge in [0.15, 0.2) is 27.5 Å². The standard InChI is InChI=1S/C22H30N3O7/c26-21-19-17-15-13-11-9-7-5-3-1-2-4-6-8-10-12-14-16-18-20-22(23(27)28,24(29)30)25(31)32/h1,3-4,6-7,9-10,12,16,18H,2,5,8,11,13-15,17,19-20H2. The second kappa shape index (κ2) is 18.3. The third-order valence-corrected chi connectivity index (χ3v) is 4.34. The molecule has 0 aliphatic carbocycles. The molecular formula is C22H30N3O7. The Morgan fingerprint density at radius 3 is 1.41 bits per heavy atom. The second-order valence-electron chi connectivity index (χ2n) is 6.79. The minimum absolute atomic E-state index is 0.360. The minimum Gasteiger partial charge on any atom is -0.291 e. The van der Waals surface area contributed by atoms with E-state index in [9.17, 15) is 35.1 Å². The molecule has 0 bridgehead atoms. The molecule has 0 rings (SSSR count). The van der Waals surface area contributed by atoms with Crippen molar-refractivity contribution >= 4 is 6.29 Å². The van der Waals surface area contributed by atoms with Crippen molar-refractivity contribution in [3.8, 4) is 0 Å². The van der Waals surface area contributed by atoms with Gasteiger partial charge in [-0.05, 0) is 44.9 Å². The summed E-state index contributed by atoms with van der Waals surface area (Å²) >= 11 is 0. The molecule has 0 saturated carbocycles. The largest absolute Gasteiger partial charge is 0.703 e. The van der Waals surface area contributed by atoms with Crippen molar-refractivity contribution in [1.29, 1.82) is 0 Å². The Hall–Kier alpha value is -3.43. The third-order valence-electron chi connectivity index (χ3n) is 4.34. The minimum atomic E-state index is -3.44. The monoisotopic (exact) mass is 448 g/mol. The molecule has 10 heteroatoms. The van der Waals surface area contributed by atoms with Crippen LogP contribution < -0.4 is 0 Å². The second-order valence-corrected chi connectivity index (χ2v) is 6.79. The van der Waals surface area contributed by atoms with Gasteiger partial charge in [0.05, 0.1) is 0 Å². The van der Waals surface area contributed by atoms with Gasteiger partial charge in [-0.3, -0.25) is 35.1 Å². The molecule has 0 aliphatic heterocycles. The van der Waals surface area contributed by atoms with Crippen molar-refractivity contribution in [2.45, 2.75) is 70.0 Å². The predicted octanol–water partition coefficient (Wildman–Crippen LogP) is 5.26. The van der Waals surface area contributed by atoms with Crippen LogP contribution in [-0.2, 0) is 4.79 Å². The highest BCUT2D eigenvalue weighted by Crippen LogP contribution is 2.18. The molecule has 0 fully saturated rings. The number of nitro groups is 3. The number of unbranched alkanes of at least 4 members (excludes halogenated alkanes) is 4. The molecule has 0 aromatic carbocycles. The number of nitrogens with zero attached hydrogens (tertiary/aromatic N) is 3. The van der Waals surface area contributed by atoms with Gasteiger partial charge in [-0.1, -0.05) is 67.2 Å². The lowest BCUT2D eigenvalue weighted by Crippen LogP contribution is -2.52. The van der Waals surface area contributed by atoms with E-state index in [0.29, 0.717) is 19.3 Å². The highest BCUT2D eigenvalue weighted by Gasteiger charge is 2.69. The summed E-state index contributed by atoms with van der Waals surface area (Å²) in [5.41, 5.74) is 0. The Morgan fingerprint density at radius 1 is 0.594 bits per heavy atom. The fourth-order valence-corrected chi connectivity index (χ4v) is 2.50. The summed E-state index contributed by atoms with van der Waals surface area (Å²) in [5, 5.41) is 32.4. The van der Waals surface area contributed by atoms with Crippen molar-refractivity contribution in [2.24, 2.45) is 0 Å². The maximum Gasteiger partial charge on any atom is 0.703 e. The molecule has 1 radical (unpaired) electrons. The Bertz CT molecular complexity index is 704. The zero-order valence-electron chi connectivity index (χ0n) is 18.0. The van der Waals surface area contributed by atoms with E-state index in [4.69, 9.17) is 0 Å². The molecule has 0 amide bonds. The first-order valence-electron chi connectivity index (χ1n) is 10.4. The van der Waals surface area contributed by atoms with Crippen LogP contribution in [0.4, 0.5) is 0 Å². The molecule has 10 nitrogen and oxygen atoms in total. The van der Waals surface area contributed by atoms with E-state index in [1.807, 2.05) is 24.5 Å². The molecule has 0 N–H and O–H groups in total. The van der Waals surface area contributed by atoms with Crippen LogP contribution in [0.25, 0.3) is 0 Å². The van der Waals surface area contributed by atoms with Crippen molar-refractivity contribution in [2.75, 3.05) is 0 Å². The van der Waals surface area contributed by atoms with Crippen LogP contribution in [0.15, 0.2) is 60.8 Å². The van der Waals surface area contributed by atoms with Crippen LogP contribution in [-0.4, -0.2) is 26.8 Å². The van der Waals surface area contributed by atoms with Crippen LogP contribution in [0.1, 0.15) is 64.2 Å². The van der Waals surface area contributed by atoms with Gasteiger partial charge in [0, 0.05) is 6.42 Å². The molecular weight excluding hydrogens is 418 g/mol. The molecule has 32 heavy (non-hydrogen) atoms. The highest BCUT2D eigenvalue weighted by molar-refractivity contribution is 5.50. The molecule has 0 saturated heterocycles. The van der Waals surface area contributed by atoms with Gasteiger partial charge in [-0.25, -0.2) is 0 Å². The topological polar surface area (TPSA) is 146 Å². The zero-order chi connectivity index (χ0) is 24.1. The fourth-order valence-electron chi connectivity index (χ4n) is 2.50. The summed E-state index contributed by atoms with van der Waals surface area (Å²) in [5.74, 6) is -3.44. The van der Waals surface area contributed by atoms with Gasteiger partial charge in [-0.15, -0.1) is 0 Å². The number of hydrogen-bond acceptors (Lipinski definition) is 7. The SMILES string of the molecule is O=[C]CCCCCC=CCC=CCC=CCC=CCC=CCC([N+](=O)[O-])([N+](=O)[O-])[N+](=O)[O-]. The van der Waals surface area contributed by atoms with Gasteiger partial charge in [0.25, 0.3) is 0 Å². The number of hydrogen-bond donors (Lipinski definition) is 0. The Morgan fingerprint density at radius 2 is 1.00 bits per heavy atom. The highest BCUT2D eigenvalue weighted by atomic mass is 16.7. The number of rotatable bonds is 19. The van der Waals surface area contributed by atoms with Crippen LogP contribution in [0.2, 0.25) is 0 Å². The van der Waals surface area contributed by atoms with Crippen LogP contribution >= 0.6 is 0 Å². The first-order chi connectivity index (χ1) is 15.4. The van der Waals surface area contributed by atoms with E-state index in [2.05, 4.69) is 24.3 Å². The van der Waals surface area contributed by atoms with Crippen molar-refractivity contribution in [3.05, 3.63) is 91.1 Å². The average molecular weight is 448 g/mol. The molecule has 0 aromatic heterocycles. The average Bonchev–Trinajstić information content (AvgIpc) is 2.74. The first-order valence-corrected chi connectivity index (χ1v) is 10.4. The summed E-state index contributed by atoms with van der Waals surface area (Å²) in [7, 11) is 0. The molecule has 0 unspecified atom stereocenters. The molecule has 0 aromatic rings. The van der Waals surface area contributed by atoms with E-state index >= 15 is 0 Å². The Labute approximate surface area is 187 Å². The fraction of sp³-hybridized carbons (Fsp3) is 0.500. The zero-order valence-corrected chi connectivity index (χ0v) is 18.0. The molecule has 175 valence electrons. The Balaban J connectivity index is 3.98. The summed E-state index contributed by atoms with van der Waals surface area (Å²) in [6.07, 6.45) is 26.9. The summed E-state index contributed by atoms with van der Waals surface area (Å²) in [6, 6.07) is 0. The third kappa shape index (κ3) is 12.3. The Kier molecular flexibility index (Phi) is 16.4. The van der Waals surface area contributed by atoms with E-state index in [-0.39, 0.29) is 0 Å². The first kappa shape index (κ1) is 28.6. The maximum absolute atomic E-state index is 10.8. The van der Waals surface area contributed by atoms with E-state index in [1.54, 1.807) is 6.08 Å². The van der Waals surface area contributed by atoms with Gasteiger partial charge >= 0.3 is 5.79 Å². The van der Waals surface area contributed by atoms with Crippen molar-refractivity contribution < 1.29 is 19.6 Å². The normalized spacial score (nSPS) is 12.6. The summed E-state index contributed by atoms with van der Waals surface area (Å²) in [4.78, 5) is 38.0. The summed E-state index contributed by atoms with van der Waals surface area (Å²) < 4.78 is 0. The van der Waals surface area contributed by atoms with Crippen LogP contribution in [0, 0.1) is 30.3 Å². The maximum atomic E-state index is 10.8.